The van der Waals surface area contributed by atoms with Gasteiger partial charge in [0.05, 0.1) is 6.61 Å². The highest BCUT2D eigenvalue weighted by molar-refractivity contribution is 6.30. The van der Waals surface area contributed by atoms with E-state index in [-0.39, 0.29) is 17.2 Å². The van der Waals surface area contributed by atoms with Gasteiger partial charge in [0.15, 0.2) is 0 Å². The molecule has 0 heterocycles. The second-order valence-electron chi connectivity index (χ2n) is 3.33. The molecule has 1 unspecified atom stereocenters. The van der Waals surface area contributed by atoms with Crippen molar-refractivity contribution in [2.45, 2.75) is 18.7 Å². The lowest BCUT2D eigenvalue weighted by molar-refractivity contribution is -0.199. The van der Waals surface area contributed by atoms with Crippen LogP contribution in [0.3, 0.4) is 0 Å². The molecule has 0 aliphatic carbocycles. The van der Waals surface area contributed by atoms with Crippen LogP contribution in [0.2, 0.25) is 5.02 Å². The standard InChI is InChI=1S/C11H9Cl2F3O3/c1-2-18-9(17)7-4-3-6(12)5-8(7)19-11(15,16)10(13)14/h3-5,10H,2H2,1H3. The van der Waals surface area contributed by atoms with Gasteiger partial charge in [-0.3, -0.25) is 0 Å². The Balaban J connectivity index is 3.11. The molecule has 1 rings (SSSR count). The number of hydrogen-bond donors (Lipinski definition) is 0. The SMILES string of the molecule is CCOC(=O)c1ccc(Cl)cc1OC(F)(F)C(F)Cl. The van der Waals surface area contributed by atoms with Gasteiger partial charge in [0.1, 0.15) is 11.3 Å². The molecule has 0 saturated heterocycles. The van der Waals surface area contributed by atoms with E-state index in [0.29, 0.717) is 0 Å². The third-order valence-electron chi connectivity index (χ3n) is 1.94. The van der Waals surface area contributed by atoms with Gasteiger partial charge in [-0.15, -0.1) is 0 Å². The third-order valence-corrected chi connectivity index (χ3v) is 2.43. The van der Waals surface area contributed by atoms with E-state index in [1.165, 1.54) is 6.07 Å². The van der Waals surface area contributed by atoms with E-state index in [4.69, 9.17) is 11.6 Å². The summed E-state index contributed by atoms with van der Waals surface area (Å²) in [4.78, 5) is 11.5. The minimum Gasteiger partial charge on any atom is -0.462 e. The van der Waals surface area contributed by atoms with Crippen molar-refractivity contribution in [2.75, 3.05) is 6.61 Å². The number of ether oxygens (including phenoxy) is 2. The highest BCUT2D eigenvalue weighted by Gasteiger charge is 2.43. The van der Waals surface area contributed by atoms with Crippen LogP contribution in [0, 0.1) is 0 Å². The molecule has 0 bridgehead atoms. The van der Waals surface area contributed by atoms with E-state index in [1.807, 2.05) is 0 Å². The number of carbonyl (C=O) groups is 1. The first-order valence-electron chi connectivity index (χ1n) is 5.09. The summed E-state index contributed by atoms with van der Waals surface area (Å²) in [5, 5.41) is 0.0313. The zero-order valence-corrected chi connectivity index (χ0v) is 11.1. The first kappa shape index (κ1) is 15.9. The van der Waals surface area contributed by atoms with Crippen molar-refractivity contribution >= 4 is 29.2 Å². The lowest BCUT2D eigenvalue weighted by Crippen LogP contribution is -2.33. The van der Waals surface area contributed by atoms with E-state index in [1.54, 1.807) is 6.92 Å². The van der Waals surface area contributed by atoms with Crippen LogP contribution in [-0.4, -0.2) is 24.3 Å². The van der Waals surface area contributed by atoms with Gasteiger partial charge in [-0.05, 0) is 25.1 Å². The quantitative estimate of drug-likeness (QED) is 0.608. The summed E-state index contributed by atoms with van der Waals surface area (Å²) in [6.45, 7) is 1.58. The zero-order chi connectivity index (χ0) is 14.6. The predicted molar refractivity (Wildman–Crippen MR) is 63.7 cm³/mol. The maximum Gasteiger partial charge on any atom is 0.444 e. The van der Waals surface area contributed by atoms with Crippen molar-refractivity contribution in [2.24, 2.45) is 0 Å². The Morgan fingerprint density at radius 1 is 1.47 bits per heavy atom. The van der Waals surface area contributed by atoms with Gasteiger partial charge < -0.3 is 9.47 Å². The highest BCUT2D eigenvalue weighted by atomic mass is 35.5. The Morgan fingerprint density at radius 3 is 2.63 bits per heavy atom. The summed E-state index contributed by atoms with van der Waals surface area (Å²) in [6.07, 6.45) is -4.30. The van der Waals surface area contributed by atoms with Gasteiger partial charge in [-0.2, -0.15) is 8.78 Å². The molecule has 0 radical (unpaired) electrons. The summed E-state index contributed by atoms with van der Waals surface area (Å²) >= 11 is 10.3. The van der Waals surface area contributed by atoms with Gasteiger partial charge in [-0.1, -0.05) is 23.2 Å². The number of carbonyl (C=O) groups excluding carboxylic acids is 1. The smallest absolute Gasteiger partial charge is 0.444 e. The average Bonchev–Trinajstić information content (AvgIpc) is 2.28. The number of hydrogen-bond acceptors (Lipinski definition) is 3. The topological polar surface area (TPSA) is 35.5 Å². The fourth-order valence-electron chi connectivity index (χ4n) is 1.15. The largest absolute Gasteiger partial charge is 0.462 e. The zero-order valence-electron chi connectivity index (χ0n) is 9.63. The molecule has 1 aromatic carbocycles. The van der Waals surface area contributed by atoms with Crippen molar-refractivity contribution in [3.8, 4) is 5.75 Å². The normalized spacial score (nSPS) is 12.9. The van der Waals surface area contributed by atoms with Crippen LogP contribution in [0.4, 0.5) is 13.2 Å². The van der Waals surface area contributed by atoms with E-state index in [0.717, 1.165) is 12.1 Å². The molecule has 0 fully saturated rings. The Hall–Kier alpha value is -1.14. The fourth-order valence-corrected chi connectivity index (χ4v) is 1.36. The molecule has 0 aliphatic heterocycles. The van der Waals surface area contributed by atoms with Gasteiger partial charge >= 0.3 is 12.1 Å². The average molecular weight is 317 g/mol. The van der Waals surface area contributed by atoms with Gasteiger partial charge in [0.25, 0.3) is 5.63 Å². The van der Waals surface area contributed by atoms with Crippen LogP contribution in [0.15, 0.2) is 18.2 Å². The summed E-state index contributed by atoms with van der Waals surface area (Å²) in [5.74, 6) is -1.51. The molecule has 0 aliphatic rings. The van der Waals surface area contributed by atoms with Crippen molar-refractivity contribution in [1.82, 2.24) is 0 Å². The molecule has 19 heavy (non-hydrogen) atoms. The number of rotatable bonds is 5. The predicted octanol–water partition coefficient (Wildman–Crippen LogP) is 4.02. The summed E-state index contributed by atoms with van der Waals surface area (Å²) in [5.41, 5.74) is -3.37. The van der Waals surface area contributed by atoms with Crippen LogP contribution in [0.5, 0.6) is 5.75 Å². The lowest BCUT2D eigenvalue weighted by Gasteiger charge is -2.19. The molecule has 1 aromatic rings. The van der Waals surface area contributed by atoms with E-state index < -0.39 is 23.5 Å². The molecular weight excluding hydrogens is 308 g/mol. The minimum absolute atomic E-state index is 0.0313. The van der Waals surface area contributed by atoms with Gasteiger partial charge in [0.2, 0.25) is 0 Å². The molecule has 0 N–H and O–H groups in total. The van der Waals surface area contributed by atoms with E-state index >= 15 is 0 Å². The molecule has 3 nitrogen and oxygen atoms in total. The molecule has 106 valence electrons. The van der Waals surface area contributed by atoms with E-state index in [2.05, 4.69) is 21.1 Å². The lowest BCUT2D eigenvalue weighted by atomic mass is 10.2. The molecular formula is C11H9Cl2F3O3. The molecule has 0 saturated carbocycles. The monoisotopic (exact) mass is 316 g/mol. The fraction of sp³-hybridized carbons (Fsp3) is 0.364. The Labute approximate surface area is 117 Å². The first-order chi connectivity index (χ1) is 8.77. The van der Waals surface area contributed by atoms with Crippen molar-refractivity contribution in [3.63, 3.8) is 0 Å². The van der Waals surface area contributed by atoms with Crippen LogP contribution in [-0.2, 0) is 4.74 Å². The highest BCUT2D eigenvalue weighted by Crippen LogP contribution is 2.32. The maximum absolute atomic E-state index is 13.1. The van der Waals surface area contributed by atoms with Crippen LogP contribution < -0.4 is 4.74 Å². The van der Waals surface area contributed by atoms with Crippen LogP contribution >= 0.6 is 23.2 Å². The van der Waals surface area contributed by atoms with Gasteiger partial charge in [-0.25, -0.2) is 9.18 Å². The Bertz CT molecular complexity index is 466. The van der Waals surface area contributed by atoms with Crippen molar-refractivity contribution in [3.05, 3.63) is 28.8 Å². The van der Waals surface area contributed by atoms with Crippen molar-refractivity contribution < 1.29 is 27.4 Å². The second-order valence-corrected chi connectivity index (χ2v) is 4.15. The molecule has 8 heteroatoms. The van der Waals surface area contributed by atoms with Crippen LogP contribution in [0.25, 0.3) is 0 Å². The molecule has 0 aromatic heterocycles. The minimum atomic E-state index is -4.30. The van der Waals surface area contributed by atoms with Crippen molar-refractivity contribution in [1.29, 1.82) is 0 Å². The molecule has 0 spiro atoms. The number of halogens is 5. The number of alkyl halides is 4. The maximum atomic E-state index is 13.1. The number of benzene rings is 1. The Morgan fingerprint density at radius 2 is 2.11 bits per heavy atom. The molecule has 1 atom stereocenters. The van der Waals surface area contributed by atoms with Crippen LogP contribution in [0.1, 0.15) is 17.3 Å². The Kier molecular flexibility index (Phi) is 5.31. The van der Waals surface area contributed by atoms with E-state index in [9.17, 15) is 18.0 Å². The van der Waals surface area contributed by atoms with Gasteiger partial charge in [0, 0.05) is 5.02 Å². The number of esters is 1. The second kappa shape index (κ2) is 6.34. The molecule has 0 amide bonds. The summed E-state index contributed by atoms with van der Waals surface area (Å²) < 4.78 is 47.4. The summed E-state index contributed by atoms with van der Waals surface area (Å²) in [6, 6.07) is 3.36. The third kappa shape index (κ3) is 4.18. The summed E-state index contributed by atoms with van der Waals surface area (Å²) in [7, 11) is 0. The first-order valence-corrected chi connectivity index (χ1v) is 5.91.